The third-order valence-electron chi connectivity index (χ3n) is 4.35. The first-order chi connectivity index (χ1) is 13.6. The Morgan fingerprint density at radius 2 is 1.72 bits per heavy atom. The summed E-state index contributed by atoms with van der Waals surface area (Å²) in [6.07, 6.45) is 0.691. The molecule has 0 aromatic heterocycles. The molecule has 2 rings (SSSR count). The van der Waals surface area contributed by atoms with Crippen molar-refractivity contribution in [1.29, 1.82) is 0 Å². The quantitative estimate of drug-likeness (QED) is 0.608. The van der Waals surface area contributed by atoms with Crippen molar-refractivity contribution in [3.05, 3.63) is 59.1 Å². The number of esters is 1. The van der Waals surface area contributed by atoms with E-state index in [0.717, 1.165) is 16.7 Å². The molecule has 0 spiro atoms. The van der Waals surface area contributed by atoms with Crippen LogP contribution in [0.2, 0.25) is 5.02 Å². The predicted octanol–water partition coefficient (Wildman–Crippen LogP) is 4.71. The van der Waals surface area contributed by atoms with Gasteiger partial charge in [0.2, 0.25) is 0 Å². The standard InChI is InChI=1S/C23H28ClNO4/c1-5-19(22(28)29-23(2,3)4)25-20(21(26)27)13-15-9-11-16(12-10-15)17-7-6-8-18(24)14-17/h6-12,14,19-20,25H,5,13H2,1-4H3,(H,26,27)/t19-,20?/m0/s1. The van der Waals surface area contributed by atoms with Crippen LogP contribution in [-0.2, 0) is 20.7 Å². The molecule has 2 N–H and O–H groups in total. The molecular weight excluding hydrogens is 390 g/mol. The lowest BCUT2D eigenvalue weighted by Crippen LogP contribution is -2.49. The van der Waals surface area contributed by atoms with Gasteiger partial charge in [-0.2, -0.15) is 0 Å². The lowest BCUT2D eigenvalue weighted by molar-refractivity contribution is -0.158. The van der Waals surface area contributed by atoms with Gasteiger partial charge >= 0.3 is 11.9 Å². The summed E-state index contributed by atoms with van der Waals surface area (Å²) in [5, 5.41) is 13.2. The number of carbonyl (C=O) groups excluding carboxylic acids is 1. The fourth-order valence-corrected chi connectivity index (χ4v) is 3.11. The molecule has 2 atom stereocenters. The van der Waals surface area contributed by atoms with Crippen molar-refractivity contribution in [2.24, 2.45) is 0 Å². The SMILES string of the molecule is CC[C@H](NC(Cc1ccc(-c2cccc(Cl)c2)cc1)C(=O)O)C(=O)OC(C)(C)C. The van der Waals surface area contributed by atoms with Crippen molar-refractivity contribution in [2.45, 2.75) is 58.2 Å². The van der Waals surface area contributed by atoms with E-state index < -0.39 is 29.6 Å². The van der Waals surface area contributed by atoms with E-state index in [4.69, 9.17) is 16.3 Å². The Labute approximate surface area is 177 Å². The second-order valence-corrected chi connectivity index (χ2v) is 8.40. The number of rotatable bonds is 8. The normalized spacial score (nSPS) is 13.6. The van der Waals surface area contributed by atoms with Gasteiger partial charge in [0.05, 0.1) is 0 Å². The van der Waals surface area contributed by atoms with Crippen LogP contribution in [0.15, 0.2) is 48.5 Å². The van der Waals surface area contributed by atoms with Gasteiger partial charge in [0.1, 0.15) is 17.7 Å². The molecule has 0 amide bonds. The molecule has 156 valence electrons. The van der Waals surface area contributed by atoms with Gasteiger partial charge < -0.3 is 9.84 Å². The average Bonchev–Trinajstić information content (AvgIpc) is 2.64. The molecule has 0 heterocycles. The van der Waals surface area contributed by atoms with Crippen molar-refractivity contribution in [3.8, 4) is 11.1 Å². The van der Waals surface area contributed by atoms with E-state index in [9.17, 15) is 14.7 Å². The maximum Gasteiger partial charge on any atom is 0.323 e. The number of aliphatic carboxylic acids is 1. The van der Waals surface area contributed by atoms with Gasteiger partial charge in [-0.05, 0) is 62.4 Å². The third kappa shape index (κ3) is 7.18. The van der Waals surface area contributed by atoms with E-state index in [1.54, 1.807) is 20.8 Å². The van der Waals surface area contributed by atoms with E-state index in [1.165, 1.54) is 0 Å². The number of halogens is 1. The van der Waals surface area contributed by atoms with Crippen LogP contribution in [0.5, 0.6) is 0 Å². The van der Waals surface area contributed by atoms with Crippen LogP contribution in [0.25, 0.3) is 11.1 Å². The number of hydrogen-bond donors (Lipinski definition) is 2. The first kappa shape index (κ1) is 22.9. The molecule has 29 heavy (non-hydrogen) atoms. The zero-order valence-electron chi connectivity index (χ0n) is 17.2. The van der Waals surface area contributed by atoms with Crippen LogP contribution < -0.4 is 5.32 Å². The van der Waals surface area contributed by atoms with E-state index >= 15 is 0 Å². The van der Waals surface area contributed by atoms with Gasteiger partial charge in [-0.1, -0.05) is 54.9 Å². The molecule has 1 unspecified atom stereocenters. The summed E-state index contributed by atoms with van der Waals surface area (Å²) in [4.78, 5) is 24.1. The van der Waals surface area contributed by atoms with E-state index in [0.29, 0.717) is 11.4 Å². The van der Waals surface area contributed by atoms with Crippen molar-refractivity contribution >= 4 is 23.5 Å². The summed E-state index contributed by atoms with van der Waals surface area (Å²) >= 11 is 6.05. The van der Waals surface area contributed by atoms with E-state index in [1.807, 2.05) is 55.5 Å². The molecular formula is C23H28ClNO4. The monoisotopic (exact) mass is 417 g/mol. The van der Waals surface area contributed by atoms with E-state index in [-0.39, 0.29) is 6.42 Å². The van der Waals surface area contributed by atoms with Gasteiger partial charge in [0.25, 0.3) is 0 Å². The number of carboxylic acid groups (broad SMARTS) is 1. The van der Waals surface area contributed by atoms with Gasteiger partial charge in [0, 0.05) is 5.02 Å². The maximum absolute atomic E-state index is 12.3. The number of hydrogen-bond acceptors (Lipinski definition) is 4. The Kier molecular flexibility index (Phi) is 7.82. The molecule has 0 aliphatic carbocycles. The molecule has 0 saturated heterocycles. The topological polar surface area (TPSA) is 75.6 Å². The van der Waals surface area contributed by atoms with Crippen molar-refractivity contribution in [2.75, 3.05) is 0 Å². The van der Waals surface area contributed by atoms with Gasteiger partial charge in [-0.3, -0.25) is 14.9 Å². The molecule has 2 aromatic rings. The van der Waals surface area contributed by atoms with Crippen LogP contribution in [-0.4, -0.2) is 34.7 Å². The van der Waals surface area contributed by atoms with Crippen LogP contribution in [0, 0.1) is 0 Å². The van der Waals surface area contributed by atoms with Crippen LogP contribution in [0.3, 0.4) is 0 Å². The average molecular weight is 418 g/mol. The first-order valence-corrected chi connectivity index (χ1v) is 10.0. The fourth-order valence-electron chi connectivity index (χ4n) is 2.92. The van der Waals surface area contributed by atoms with Gasteiger partial charge in [0.15, 0.2) is 0 Å². The first-order valence-electron chi connectivity index (χ1n) is 9.65. The minimum atomic E-state index is -1.01. The van der Waals surface area contributed by atoms with Gasteiger partial charge in [-0.25, -0.2) is 0 Å². The second kappa shape index (κ2) is 9.90. The molecule has 0 aliphatic rings. The number of ether oxygens (including phenoxy) is 1. The zero-order valence-corrected chi connectivity index (χ0v) is 18.0. The van der Waals surface area contributed by atoms with Crippen molar-refractivity contribution < 1.29 is 19.4 Å². The number of carboxylic acids is 1. The molecule has 6 heteroatoms. The molecule has 0 fully saturated rings. The molecule has 5 nitrogen and oxygen atoms in total. The molecule has 0 aliphatic heterocycles. The Morgan fingerprint density at radius 1 is 1.07 bits per heavy atom. The zero-order chi connectivity index (χ0) is 21.6. The van der Waals surface area contributed by atoms with Crippen LogP contribution in [0.4, 0.5) is 0 Å². The minimum Gasteiger partial charge on any atom is -0.480 e. The second-order valence-electron chi connectivity index (χ2n) is 7.96. The molecule has 0 bridgehead atoms. The summed E-state index contributed by atoms with van der Waals surface area (Å²) in [6.45, 7) is 7.18. The summed E-state index contributed by atoms with van der Waals surface area (Å²) in [5.41, 5.74) is 2.22. The van der Waals surface area contributed by atoms with Gasteiger partial charge in [-0.15, -0.1) is 0 Å². The number of carbonyl (C=O) groups is 2. The number of nitrogens with one attached hydrogen (secondary N) is 1. The third-order valence-corrected chi connectivity index (χ3v) is 4.59. The van der Waals surface area contributed by atoms with E-state index in [2.05, 4.69) is 5.32 Å². The fraction of sp³-hybridized carbons (Fsp3) is 0.391. The smallest absolute Gasteiger partial charge is 0.323 e. The maximum atomic E-state index is 12.3. The number of benzene rings is 2. The summed E-state index contributed by atoms with van der Waals surface area (Å²) in [6, 6.07) is 13.6. The lowest BCUT2D eigenvalue weighted by atomic mass is 10.00. The Balaban J connectivity index is 2.10. The molecule has 0 radical (unpaired) electrons. The molecule has 0 saturated carbocycles. The van der Waals surface area contributed by atoms with Crippen LogP contribution >= 0.6 is 11.6 Å². The lowest BCUT2D eigenvalue weighted by Gasteiger charge is -2.26. The highest BCUT2D eigenvalue weighted by atomic mass is 35.5. The predicted molar refractivity (Wildman–Crippen MR) is 115 cm³/mol. The Morgan fingerprint density at radius 3 is 2.24 bits per heavy atom. The summed E-state index contributed by atoms with van der Waals surface area (Å²) < 4.78 is 5.39. The summed E-state index contributed by atoms with van der Waals surface area (Å²) in [5.74, 6) is -1.45. The van der Waals surface area contributed by atoms with Crippen LogP contribution in [0.1, 0.15) is 39.7 Å². The highest BCUT2D eigenvalue weighted by Gasteiger charge is 2.28. The highest BCUT2D eigenvalue weighted by Crippen LogP contribution is 2.23. The Hall–Kier alpha value is -2.37. The highest BCUT2D eigenvalue weighted by molar-refractivity contribution is 6.30. The van der Waals surface area contributed by atoms with Crippen molar-refractivity contribution in [3.63, 3.8) is 0 Å². The molecule has 2 aromatic carbocycles. The largest absolute Gasteiger partial charge is 0.480 e. The van der Waals surface area contributed by atoms with Crippen molar-refractivity contribution in [1.82, 2.24) is 5.32 Å². The minimum absolute atomic E-state index is 0.254. The Bertz CT molecular complexity index is 843. The summed E-state index contributed by atoms with van der Waals surface area (Å²) in [7, 11) is 0.